The van der Waals surface area contributed by atoms with E-state index in [-0.39, 0.29) is 12.2 Å². The molecule has 0 fully saturated rings. The van der Waals surface area contributed by atoms with Crippen molar-refractivity contribution in [2.45, 2.75) is 231 Å². The van der Waals surface area contributed by atoms with Gasteiger partial charge in [-0.2, -0.15) is 0 Å². The van der Waals surface area contributed by atoms with Gasteiger partial charge in [0, 0.05) is 12.8 Å². The monoisotopic (exact) mass is 703 g/mol. The molecule has 0 spiro atoms. The molecule has 0 aliphatic rings. The molecule has 50 heavy (non-hydrogen) atoms. The zero-order chi connectivity index (χ0) is 36.3. The number of carboxylic acid groups (broad SMARTS) is 2. The second-order valence-electron chi connectivity index (χ2n) is 15.3. The molecule has 0 radical (unpaired) electrons. The van der Waals surface area contributed by atoms with Gasteiger partial charge in [0.25, 0.3) is 0 Å². The Morgan fingerprint density at radius 2 is 0.660 bits per heavy atom. The summed E-state index contributed by atoms with van der Waals surface area (Å²) in [6.45, 7) is 0. The van der Waals surface area contributed by atoms with Crippen LogP contribution in [0.15, 0.2) is 24.3 Å². The SMILES string of the molecule is O=C(O)CCCCCCCCCCC(O)CCCCCCCc1cccc(CCCCCCCC(O)CCCCCCCCCCC(=O)O)c1. The third-order valence-electron chi connectivity index (χ3n) is 10.4. The van der Waals surface area contributed by atoms with Crippen molar-refractivity contribution >= 4 is 11.9 Å². The number of aliphatic carboxylic acids is 2. The molecule has 1 rings (SSSR count). The molecule has 4 N–H and O–H groups in total. The van der Waals surface area contributed by atoms with Crippen LogP contribution < -0.4 is 0 Å². The van der Waals surface area contributed by atoms with Gasteiger partial charge in [0.2, 0.25) is 0 Å². The highest BCUT2D eigenvalue weighted by Gasteiger charge is 2.06. The molecule has 0 bridgehead atoms. The van der Waals surface area contributed by atoms with Crippen LogP contribution in [0.2, 0.25) is 0 Å². The van der Waals surface area contributed by atoms with Gasteiger partial charge in [0.05, 0.1) is 12.2 Å². The molecule has 0 aliphatic carbocycles. The molecular formula is C44H78O6. The zero-order valence-corrected chi connectivity index (χ0v) is 32.1. The lowest BCUT2D eigenvalue weighted by Gasteiger charge is -2.10. The second kappa shape index (κ2) is 34.2. The van der Waals surface area contributed by atoms with Gasteiger partial charge < -0.3 is 20.4 Å². The van der Waals surface area contributed by atoms with Gasteiger partial charge >= 0.3 is 11.9 Å². The van der Waals surface area contributed by atoms with Crippen molar-refractivity contribution in [3.63, 3.8) is 0 Å². The molecule has 2 atom stereocenters. The maximum atomic E-state index is 10.5. The Balaban J connectivity index is 1.90. The number of aryl methyl sites for hydroxylation is 2. The predicted molar refractivity (Wildman–Crippen MR) is 209 cm³/mol. The lowest BCUT2D eigenvalue weighted by atomic mass is 9.99. The van der Waals surface area contributed by atoms with Crippen molar-refractivity contribution in [3.8, 4) is 0 Å². The van der Waals surface area contributed by atoms with Gasteiger partial charge in [-0.25, -0.2) is 0 Å². The largest absolute Gasteiger partial charge is 0.481 e. The Labute approximate surface area is 307 Å². The van der Waals surface area contributed by atoms with Crippen molar-refractivity contribution < 1.29 is 30.0 Å². The average molecular weight is 703 g/mol. The highest BCUT2D eigenvalue weighted by atomic mass is 16.4. The standard InChI is InChI=1S/C44H78O6/c45-41(32-21-13-5-1-3-7-17-25-36-43(47)48)34-23-15-9-11-19-28-39-30-27-31-40(38-39)29-20-12-10-16-24-35-42(46)33-22-14-6-2-4-8-18-26-37-44(49)50/h27,30-31,38,41-42,45-46H,1-26,28-29,32-37H2,(H,47,48)(H,49,50). The molecule has 0 amide bonds. The maximum absolute atomic E-state index is 10.5. The van der Waals surface area contributed by atoms with Crippen LogP contribution in [0.4, 0.5) is 0 Å². The third-order valence-corrected chi connectivity index (χ3v) is 10.4. The Morgan fingerprint density at radius 1 is 0.400 bits per heavy atom. The van der Waals surface area contributed by atoms with E-state index in [1.54, 1.807) is 0 Å². The van der Waals surface area contributed by atoms with Crippen LogP contribution in [-0.2, 0) is 22.4 Å². The van der Waals surface area contributed by atoms with E-state index < -0.39 is 11.9 Å². The number of rotatable bonds is 38. The van der Waals surface area contributed by atoms with Gasteiger partial charge in [0.1, 0.15) is 0 Å². The number of unbranched alkanes of at least 4 members (excludes halogenated alkanes) is 22. The molecule has 2 unspecified atom stereocenters. The molecule has 1 aromatic carbocycles. The summed E-state index contributed by atoms with van der Waals surface area (Å²) in [6.07, 6.45) is 36.6. The van der Waals surface area contributed by atoms with E-state index in [1.807, 2.05) is 0 Å². The summed E-state index contributed by atoms with van der Waals surface area (Å²) in [5.41, 5.74) is 2.94. The first-order valence-electron chi connectivity index (χ1n) is 21.2. The van der Waals surface area contributed by atoms with Crippen LogP contribution in [-0.4, -0.2) is 44.6 Å². The summed E-state index contributed by atoms with van der Waals surface area (Å²) in [7, 11) is 0. The molecule has 0 saturated carbocycles. The summed E-state index contributed by atoms with van der Waals surface area (Å²) in [6, 6.07) is 9.20. The zero-order valence-electron chi connectivity index (χ0n) is 32.1. The van der Waals surface area contributed by atoms with Gasteiger partial charge in [0.15, 0.2) is 0 Å². The summed E-state index contributed by atoms with van der Waals surface area (Å²) in [4.78, 5) is 21.0. The van der Waals surface area contributed by atoms with E-state index in [9.17, 15) is 19.8 Å². The quantitative estimate of drug-likeness (QED) is 0.0510. The number of carbonyl (C=O) groups is 2. The number of hydrogen-bond acceptors (Lipinski definition) is 4. The minimum Gasteiger partial charge on any atom is -0.481 e. The van der Waals surface area contributed by atoms with Crippen molar-refractivity contribution in [1.29, 1.82) is 0 Å². The van der Waals surface area contributed by atoms with Gasteiger partial charge in [-0.3, -0.25) is 9.59 Å². The summed E-state index contributed by atoms with van der Waals surface area (Å²) in [5.74, 6) is -1.37. The lowest BCUT2D eigenvalue weighted by Crippen LogP contribution is -2.05. The van der Waals surface area contributed by atoms with E-state index in [0.717, 1.165) is 103 Å². The van der Waals surface area contributed by atoms with Crippen LogP contribution in [0.25, 0.3) is 0 Å². The first-order chi connectivity index (χ1) is 24.4. The number of carboxylic acids is 2. The average Bonchev–Trinajstić information content (AvgIpc) is 3.09. The fraction of sp³-hybridized carbons (Fsp3) is 0.818. The van der Waals surface area contributed by atoms with E-state index in [1.165, 1.54) is 114 Å². The van der Waals surface area contributed by atoms with Crippen molar-refractivity contribution in [2.24, 2.45) is 0 Å². The Kier molecular flexibility index (Phi) is 31.5. The smallest absolute Gasteiger partial charge is 0.303 e. The number of aliphatic hydroxyl groups excluding tert-OH is 2. The Bertz CT molecular complexity index is 848. The van der Waals surface area contributed by atoms with Crippen molar-refractivity contribution in [1.82, 2.24) is 0 Å². The minimum absolute atomic E-state index is 0.139. The van der Waals surface area contributed by atoms with Crippen LogP contribution in [0.1, 0.15) is 217 Å². The lowest BCUT2D eigenvalue weighted by molar-refractivity contribution is -0.138. The molecule has 0 aliphatic heterocycles. The van der Waals surface area contributed by atoms with Gasteiger partial charge in [-0.1, -0.05) is 166 Å². The van der Waals surface area contributed by atoms with Crippen LogP contribution >= 0.6 is 0 Å². The van der Waals surface area contributed by atoms with E-state index in [0.29, 0.717) is 12.8 Å². The number of aliphatic hydroxyl groups is 2. The molecule has 0 saturated heterocycles. The van der Waals surface area contributed by atoms with Crippen LogP contribution in [0, 0.1) is 0 Å². The van der Waals surface area contributed by atoms with Gasteiger partial charge in [-0.05, 0) is 75.3 Å². The van der Waals surface area contributed by atoms with Crippen molar-refractivity contribution in [3.05, 3.63) is 35.4 Å². The topological polar surface area (TPSA) is 115 Å². The molecule has 6 heteroatoms. The second-order valence-corrected chi connectivity index (χ2v) is 15.3. The van der Waals surface area contributed by atoms with Gasteiger partial charge in [-0.15, -0.1) is 0 Å². The van der Waals surface area contributed by atoms with Crippen LogP contribution in [0.3, 0.4) is 0 Å². The summed E-state index contributed by atoms with van der Waals surface area (Å²) >= 11 is 0. The number of benzene rings is 1. The van der Waals surface area contributed by atoms with Crippen LogP contribution in [0.5, 0.6) is 0 Å². The highest BCUT2D eigenvalue weighted by molar-refractivity contribution is 5.66. The minimum atomic E-state index is -0.685. The van der Waals surface area contributed by atoms with Crippen molar-refractivity contribution in [2.75, 3.05) is 0 Å². The fourth-order valence-electron chi connectivity index (χ4n) is 7.14. The number of hydrogen-bond donors (Lipinski definition) is 4. The first-order valence-corrected chi connectivity index (χ1v) is 21.2. The fourth-order valence-corrected chi connectivity index (χ4v) is 7.14. The Hall–Kier alpha value is -1.92. The third kappa shape index (κ3) is 32.0. The highest BCUT2D eigenvalue weighted by Crippen LogP contribution is 2.18. The van der Waals surface area contributed by atoms with E-state index >= 15 is 0 Å². The van der Waals surface area contributed by atoms with E-state index in [4.69, 9.17) is 10.2 Å². The molecule has 0 aromatic heterocycles. The molecule has 1 aromatic rings. The molecule has 0 heterocycles. The molecule has 6 nitrogen and oxygen atoms in total. The first kappa shape index (κ1) is 46.1. The molecular weight excluding hydrogens is 624 g/mol. The predicted octanol–water partition coefficient (Wildman–Crippen LogP) is 12.1. The maximum Gasteiger partial charge on any atom is 0.303 e. The van der Waals surface area contributed by atoms with E-state index in [2.05, 4.69) is 24.3 Å². The summed E-state index contributed by atoms with van der Waals surface area (Å²) < 4.78 is 0. The summed E-state index contributed by atoms with van der Waals surface area (Å²) in [5, 5.41) is 38.0. The Morgan fingerprint density at radius 3 is 0.960 bits per heavy atom. The normalized spacial score (nSPS) is 12.7. The molecule has 290 valence electrons.